The van der Waals surface area contributed by atoms with E-state index in [9.17, 15) is 4.79 Å². The van der Waals surface area contributed by atoms with Gasteiger partial charge in [-0.15, -0.1) is 0 Å². The first-order chi connectivity index (χ1) is 6.83. The van der Waals surface area contributed by atoms with Crippen LogP contribution < -0.4 is 9.47 Å². The Bertz CT molecular complexity index is 352. The number of rotatable bonds is 4. The molecule has 0 aliphatic heterocycles. The van der Waals surface area contributed by atoms with Gasteiger partial charge in [0.2, 0.25) is 0 Å². The largest absolute Gasteiger partial charge is 0.493 e. The van der Waals surface area contributed by atoms with Crippen LogP contribution in [0.5, 0.6) is 11.5 Å². The lowest BCUT2D eigenvalue weighted by molar-refractivity contribution is 0.352. The average Bonchev–Trinajstić information content (AvgIpc) is 2.25. The Hall–Kier alpha value is -1.73. The van der Waals surface area contributed by atoms with Gasteiger partial charge in [-0.3, -0.25) is 0 Å². The molecular weight excluding hydrogens is 180 g/mol. The molecule has 3 nitrogen and oxygen atoms in total. The number of allylic oxidation sites excluding steroid dienone is 1. The van der Waals surface area contributed by atoms with Crippen LogP contribution >= 0.6 is 0 Å². The summed E-state index contributed by atoms with van der Waals surface area (Å²) in [6.07, 6.45) is 1.92. The van der Waals surface area contributed by atoms with E-state index in [-0.39, 0.29) is 0 Å². The van der Waals surface area contributed by atoms with Gasteiger partial charge in [-0.1, -0.05) is 12.1 Å². The minimum atomic E-state index is 0.504. The van der Waals surface area contributed by atoms with Crippen LogP contribution in [0.1, 0.15) is 5.56 Å². The zero-order valence-electron chi connectivity index (χ0n) is 8.24. The van der Waals surface area contributed by atoms with Crippen molar-refractivity contribution in [2.24, 2.45) is 0 Å². The second-order valence-corrected chi connectivity index (χ2v) is 2.68. The van der Waals surface area contributed by atoms with Crippen LogP contribution in [0.3, 0.4) is 0 Å². The maximum atomic E-state index is 10.1. The van der Waals surface area contributed by atoms with Gasteiger partial charge in [-0.2, -0.15) is 0 Å². The molecule has 3 heteroatoms. The molecule has 0 radical (unpaired) electrons. The van der Waals surface area contributed by atoms with Crippen LogP contribution in [-0.2, 0) is 11.2 Å². The van der Waals surface area contributed by atoms with Crippen LogP contribution in [0.4, 0.5) is 0 Å². The van der Waals surface area contributed by atoms with Crippen LogP contribution in [0.2, 0.25) is 0 Å². The molecule has 0 saturated carbocycles. The molecule has 0 aromatic heterocycles. The van der Waals surface area contributed by atoms with Crippen LogP contribution in [0.15, 0.2) is 24.3 Å². The number of ether oxygens (including phenoxy) is 2. The highest BCUT2D eigenvalue weighted by Gasteiger charge is 2.07. The Morgan fingerprint density at radius 2 is 2.14 bits per heavy atom. The topological polar surface area (TPSA) is 35.5 Å². The van der Waals surface area contributed by atoms with Gasteiger partial charge in [0.15, 0.2) is 11.5 Å². The van der Waals surface area contributed by atoms with Crippen molar-refractivity contribution in [1.82, 2.24) is 0 Å². The van der Waals surface area contributed by atoms with E-state index >= 15 is 0 Å². The van der Waals surface area contributed by atoms with E-state index in [1.54, 1.807) is 20.2 Å². The first-order valence-electron chi connectivity index (χ1n) is 4.22. The lowest BCUT2D eigenvalue weighted by atomic mass is 10.1. The zero-order chi connectivity index (χ0) is 10.4. The number of para-hydroxylation sites is 1. The molecule has 0 spiro atoms. The molecule has 0 amide bonds. The van der Waals surface area contributed by atoms with Crippen molar-refractivity contribution in [3.8, 4) is 11.5 Å². The fraction of sp³-hybridized carbons (Fsp3) is 0.273. The highest BCUT2D eigenvalue weighted by molar-refractivity contribution is 5.51. The Kier molecular flexibility index (Phi) is 3.77. The Morgan fingerprint density at radius 3 is 2.71 bits per heavy atom. The molecule has 14 heavy (non-hydrogen) atoms. The lowest BCUT2D eigenvalue weighted by Gasteiger charge is -2.10. The Labute approximate surface area is 83.0 Å². The molecule has 0 atom stereocenters. The zero-order valence-corrected chi connectivity index (χ0v) is 8.24. The smallest absolute Gasteiger partial charge is 0.164 e. The average molecular weight is 192 g/mol. The standard InChI is InChI=1S/C11H12O3/c1-13-10-7-3-5-9(6-4-8-12)11(10)14-2/h3-5,7H,6H2,1-2H3. The van der Waals surface area contributed by atoms with E-state index < -0.39 is 0 Å². The summed E-state index contributed by atoms with van der Waals surface area (Å²) in [5.74, 6) is 3.07. The number of carbonyl (C=O) groups excluding carboxylic acids is 1. The molecule has 0 unspecified atom stereocenters. The molecule has 1 aromatic carbocycles. The molecule has 74 valence electrons. The van der Waals surface area contributed by atoms with Gasteiger partial charge in [0, 0.05) is 18.1 Å². The van der Waals surface area contributed by atoms with Gasteiger partial charge in [-0.25, -0.2) is 4.79 Å². The SMILES string of the molecule is COc1cccc(CC=C=O)c1OC. The molecule has 0 heterocycles. The van der Waals surface area contributed by atoms with Gasteiger partial charge < -0.3 is 9.47 Å². The van der Waals surface area contributed by atoms with Crippen molar-refractivity contribution in [2.45, 2.75) is 6.42 Å². The van der Waals surface area contributed by atoms with Gasteiger partial charge in [-0.05, 0) is 6.07 Å². The molecule has 1 aromatic rings. The van der Waals surface area contributed by atoms with Crippen LogP contribution in [-0.4, -0.2) is 20.2 Å². The van der Waals surface area contributed by atoms with Crippen molar-refractivity contribution in [1.29, 1.82) is 0 Å². The first-order valence-corrected chi connectivity index (χ1v) is 4.22. The fourth-order valence-electron chi connectivity index (χ4n) is 1.27. The van der Waals surface area contributed by atoms with E-state index in [2.05, 4.69) is 0 Å². The third kappa shape index (κ3) is 2.15. The van der Waals surface area contributed by atoms with Crippen molar-refractivity contribution in [3.63, 3.8) is 0 Å². The minimum Gasteiger partial charge on any atom is -0.493 e. The maximum absolute atomic E-state index is 10.1. The Morgan fingerprint density at radius 1 is 1.36 bits per heavy atom. The molecule has 0 saturated heterocycles. The molecule has 0 aliphatic rings. The summed E-state index contributed by atoms with van der Waals surface area (Å²) >= 11 is 0. The lowest BCUT2D eigenvalue weighted by Crippen LogP contribution is -1.94. The summed E-state index contributed by atoms with van der Waals surface area (Å²) < 4.78 is 10.3. The quantitative estimate of drug-likeness (QED) is 0.680. The summed E-state index contributed by atoms with van der Waals surface area (Å²) in [7, 11) is 3.16. The van der Waals surface area contributed by atoms with Gasteiger partial charge in [0.1, 0.15) is 5.94 Å². The van der Waals surface area contributed by atoms with E-state index in [0.717, 1.165) is 5.56 Å². The summed E-state index contributed by atoms with van der Waals surface area (Å²) in [4.78, 5) is 10.1. The van der Waals surface area contributed by atoms with Crippen molar-refractivity contribution >= 4 is 5.94 Å². The monoisotopic (exact) mass is 192 g/mol. The van der Waals surface area contributed by atoms with E-state index in [4.69, 9.17) is 9.47 Å². The van der Waals surface area contributed by atoms with Gasteiger partial charge in [0.25, 0.3) is 0 Å². The third-order valence-corrected chi connectivity index (χ3v) is 1.89. The number of methoxy groups -OCH3 is 2. The highest BCUT2D eigenvalue weighted by atomic mass is 16.5. The fourth-order valence-corrected chi connectivity index (χ4v) is 1.27. The Balaban J connectivity index is 3.07. The highest BCUT2D eigenvalue weighted by Crippen LogP contribution is 2.30. The molecular formula is C11H12O3. The molecule has 1 rings (SSSR count). The maximum Gasteiger partial charge on any atom is 0.164 e. The predicted molar refractivity (Wildman–Crippen MR) is 53.5 cm³/mol. The molecule has 0 N–H and O–H groups in total. The van der Waals surface area contributed by atoms with Crippen molar-refractivity contribution in [2.75, 3.05) is 14.2 Å². The van der Waals surface area contributed by atoms with E-state index in [1.165, 1.54) is 6.08 Å². The predicted octanol–water partition coefficient (Wildman–Crippen LogP) is 1.63. The second kappa shape index (κ2) is 5.10. The molecule has 0 fully saturated rings. The molecule has 0 bridgehead atoms. The third-order valence-electron chi connectivity index (χ3n) is 1.89. The van der Waals surface area contributed by atoms with E-state index in [1.807, 2.05) is 18.2 Å². The summed E-state index contributed by atoms with van der Waals surface area (Å²) in [5, 5.41) is 0. The second-order valence-electron chi connectivity index (χ2n) is 2.68. The number of hydrogen-bond donors (Lipinski definition) is 0. The van der Waals surface area contributed by atoms with Crippen LogP contribution in [0, 0.1) is 0 Å². The normalized spacial score (nSPS) is 9.00. The number of benzene rings is 1. The van der Waals surface area contributed by atoms with Crippen molar-refractivity contribution in [3.05, 3.63) is 29.8 Å². The number of hydrogen-bond acceptors (Lipinski definition) is 3. The summed E-state index contributed by atoms with van der Waals surface area (Å²) in [5.41, 5.74) is 0.912. The van der Waals surface area contributed by atoms with Crippen molar-refractivity contribution < 1.29 is 14.3 Å². The van der Waals surface area contributed by atoms with Gasteiger partial charge >= 0.3 is 0 Å². The van der Waals surface area contributed by atoms with Crippen LogP contribution in [0.25, 0.3) is 0 Å². The van der Waals surface area contributed by atoms with Gasteiger partial charge in [0.05, 0.1) is 14.2 Å². The minimum absolute atomic E-state index is 0.504. The summed E-state index contributed by atoms with van der Waals surface area (Å²) in [6, 6.07) is 5.55. The summed E-state index contributed by atoms with van der Waals surface area (Å²) in [6.45, 7) is 0. The van der Waals surface area contributed by atoms with E-state index in [0.29, 0.717) is 17.9 Å². The first kappa shape index (κ1) is 10.4. The molecule has 0 aliphatic carbocycles.